The number of thiophene rings is 1. The maximum atomic E-state index is 13.4. The fraction of sp³-hybridized carbons (Fsp3) is 0.455. The predicted octanol–water partition coefficient (Wildman–Crippen LogP) is 3.22. The summed E-state index contributed by atoms with van der Waals surface area (Å²) < 4.78 is 12.5. The van der Waals surface area contributed by atoms with Crippen LogP contribution in [0.15, 0.2) is 32.8 Å². The van der Waals surface area contributed by atoms with Crippen molar-refractivity contribution in [2.45, 2.75) is 57.5 Å². The number of hydrogen-bond acceptors (Lipinski definition) is 8. The number of hydrogen-bond donors (Lipinski definition) is 2. The SMILES string of the molecule is CCc1c(C)sc2nc(SCC(=O)NC(=O)NCc3ccco3)n(CC3CCCO3)c(=O)c12. The molecule has 0 aliphatic carbocycles. The van der Waals surface area contributed by atoms with Gasteiger partial charge in [0.2, 0.25) is 5.91 Å². The molecule has 1 atom stereocenters. The van der Waals surface area contributed by atoms with E-state index in [0.717, 1.165) is 41.5 Å². The lowest BCUT2D eigenvalue weighted by atomic mass is 10.1. The van der Waals surface area contributed by atoms with Crippen LogP contribution >= 0.6 is 23.1 Å². The highest BCUT2D eigenvalue weighted by Crippen LogP contribution is 2.30. The number of fused-ring (bicyclic) bond motifs is 1. The fourth-order valence-corrected chi connectivity index (χ4v) is 5.80. The van der Waals surface area contributed by atoms with E-state index in [1.165, 1.54) is 17.6 Å². The maximum Gasteiger partial charge on any atom is 0.321 e. The largest absolute Gasteiger partial charge is 0.467 e. The Balaban J connectivity index is 1.48. The summed E-state index contributed by atoms with van der Waals surface area (Å²) in [6, 6.07) is 2.83. The van der Waals surface area contributed by atoms with Crippen LogP contribution < -0.4 is 16.2 Å². The summed E-state index contributed by atoms with van der Waals surface area (Å²) in [5.41, 5.74) is 0.923. The number of urea groups is 1. The fourth-order valence-electron chi connectivity index (χ4n) is 3.84. The van der Waals surface area contributed by atoms with Gasteiger partial charge < -0.3 is 14.5 Å². The summed E-state index contributed by atoms with van der Waals surface area (Å²) in [4.78, 5) is 44.2. The molecule has 0 spiro atoms. The third-order valence-electron chi connectivity index (χ3n) is 5.43. The monoisotopic (exact) mass is 490 g/mol. The zero-order chi connectivity index (χ0) is 23.4. The summed E-state index contributed by atoms with van der Waals surface area (Å²) >= 11 is 2.63. The zero-order valence-corrected chi connectivity index (χ0v) is 20.1. The molecular formula is C22H26N4O5S2. The minimum Gasteiger partial charge on any atom is -0.467 e. The highest BCUT2D eigenvalue weighted by Gasteiger charge is 2.23. The quantitative estimate of drug-likeness (QED) is 0.368. The molecule has 33 heavy (non-hydrogen) atoms. The number of amides is 3. The van der Waals surface area contributed by atoms with Gasteiger partial charge in [-0.3, -0.25) is 19.5 Å². The normalized spacial score (nSPS) is 15.8. The van der Waals surface area contributed by atoms with E-state index < -0.39 is 11.9 Å². The standard InChI is InChI=1S/C22H26N4O5S2/c1-3-16-13(2)33-19-18(16)20(28)26(11-15-7-5-9-31-15)22(25-19)32-12-17(27)24-21(29)23-10-14-6-4-8-30-14/h4,6,8,15H,3,5,7,9-12H2,1-2H3,(H2,23,24,27,29). The molecule has 0 radical (unpaired) electrons. The second kappa shape index (κ2) is 10.5. The van der Waals surface area contributed by atoms with E-state index in [2.05, 4.69) is 10.6 Å². The van der Waals surface area contributed by atoms with Crippen LogP contribution in [-0.2, 0) is 29.0 Å². The Morgan fingerprint density at radius 3 is 2.94 bits per heavy atom. The lowest BCUT2D eigenvalue weighted by Crippen LogP contribution is -2.40. The summed E-state index contributed by atoms with van der Waals surface area (Å²) in [7, 11) is 0. The molecule has 1 fully saturated rings. The number of carbonyl (C=O) groups excluding carboxylic acids is 2. The smallest absolute Gasteiger partial charge is 0.321 e. The molecule has 1 aliphatic heterocycles. The van der Waals surface area contributed by atoms with Crippen molar-refractivity contribution >= 4 is 45.3 Å². The van der Waals surface area contributed by atoms with Crippen molar-refractivity contribution in [3.05, 3.63) is 45.0 Å². The second-order valence-corrected chi connectivity index (χ2v) is 9.86. The molecule has 11 heteroatoms. The summed E-state index contributed by atoms with van der Waals surface area (Å²) in [5, 5.41) is 5.97. The summed E-state index contributed by atoms with van der Waals surface area (Å²) in [6.07, 6.45) is 4.06. The number of nitrogens with zero attached hydrogens (tertiary/aromatic N) is 2. The second-order valence-electron chi connectivity index (χ2n) is 7.71. The number of carbonyl (C=O) groups is 2. The molecular weight excluding hydrogens is 464 g/mol. The highest BCUT2D eigenvalue weighted by molar-refractivity contribution is 7.99. The zero-order valence-electron chi connectivity index (χ0n) is 18.5. The molecule has 176 valence electrons. The summed E-state index contributed by atoms with van der Waals surface area (Å²) in [5.74, 6) is 0.0507. The predicted molar refractivity (Wildman–Crippen MR) is 127 cm³/mol. The number of nitrogens with one attached hydrogen (secondary N) is 2. The van der Waals surface area contributed by atoms with Crippen molar-refractivity contribution in [2.75, 3.05) is 12.4 Å². The van der Waals surface area contributed by atoms with Crippen LogP contribution in [0.2, 0.25) is 0 Å². The van der Waals surface area contributed by atoms with Gasteiger partial charge in [-0.05, 0) is 43.9 Å². The number of imide groups is 1. The molecule has 4 rings (SSSR count). The Kier molecular flexibility index (Phi) is 7.51. The Labute approximate surface area is 198 Å². The van der Waals surface area contributed by atoms with Crippen LogP contribution in [-0.4, -0.2) is 40.0 Å². The van der Waals surface area contributed by atoms with Crippen molar-refractivity contribution in [2.24, 2.45) is 0 Å². The molecule has 1 unspecified atom stereocenters. The van der Waals surface area contributed by atoms with Gasteiger partial charge in [-0.25, -0.2) is 9.78 Å². The molecule has 1 saturated heterocycles. The molecule has 3 amide bonds. The molecule has 4 heterocycles. The first-order valence-corrected chi connectivity index (χ1v) is 12.6. The van der Waals surface area contributed by atoms with E-state index in [-0.39, 0.29) is 24.0 Å². The van der Waals surface area contributed by atoms with E-state index >= 15 is 0 Å². The lowest BCUT2D eigenvalue weighted by molar-refractivity contribution is -0.117. The van der Waals surface area contributed by atoms with E-state index in [9.17, 15) is 14.4 Å². The molecule has 1 aliphatic rings. The van der Waals surface area contributed by atoms with Crippen LogP contribution in [0.3, 0.4) is 0 Å². The van der Waals surface area contributed by atoms with E-state index in [4.69, 9.17) is 14.1 Å². The van der Waals surface area contributed by atoms with E-state index in [1.807, 2.05) is 13.8 Å². The number of ether oxygens (including phenoxy) is 1. The molecule has 3 aromatic heterocycles. The van der Waals surface area contributed by atoms with Gasteiger partial charge in [-0.2, -0.15) is 0 Å². The first-order valence-electron chi connectivity index (χ1n) is 10.8. The molecule has 0 saturated carbocycles. The van der Waals surface area contributed by atoms with Crippen LogP contribution in [0.1, 0.15) is 36.0 Å². The Morgan fingerprint density at radius 1 is 1.39 bits per heavy atom. The first-order chi connectivity index (χ1) is 16.0. The molecule has 3 aromatic rings. The lowest BCUT2D eigenvalue weighted by Gasteiger charge is -2.16. The van der Waals surface area contributed by atoms with Gasteiger partial charge in [-0.15, -0.1) is 11.3 Å². The minimum atomic E-state index is -0.612. The average Bonchev–Trinajstić information content (AvgIpc) is 3.54. The van der Waals surface area contributed by atoms with Gasteiger partial charge in [0.05, 0.1) is 36.6 Å². The van der Waals surface area contributed by atoms with Crippen molar-refractivity contribution < 1.29 is 18.7 Å². The maximum absolute atomic E-state index is 13.4. The Bertz CT molecular complexity index is 1200. The number of aromatic nitrogens is 2. The molecule has 2 N–H and O–H groups in total. The summed E-state index contributed by atoms with van der Waals surface area (Å²) in [6.45, 7) is 5.28. The molecule has 0 bridgehead atoms. The average molecular weight is 491 g/mol. The number of rotatable bonds is 8. The van der Waals surface area contributed by atoms with Gasteiger partial charge in [0.25, 0.3) is 5.56 Å². The topological polar surface area (TPSA) is 115 Å². The van der Waals surface area contributed by atoms with E-state index in [0.29, 0.717) is 34.3 Å². The van der Waals surface area contributed by atoms with Crippen LogP contribution in [0, 0.1) is 6.92 Å². The van der Waals surface area contributed by atoms with Crippen molar-refractivity contribution in [1.82, 2.24) is 20.2 Å². The van der Waals surface area contributed by atoms with Crippen molar-refractivity contribution in [3.8, 4) is 0 Å². The van der Waals surface area contributed by atoms with Gasteiger partial charge >= 0.3 is 6.03 Å². The van der Waals surface area contributed by atoms with Gasteiger partial charge in [0.15, 0.2) is 5.16 Å². The first kappa shape index (κ1) is 23.5. The van der Waals surface area contributed by atoms with Gasteiger partial charge in [0, 0.05) is 11.5 Å². The van der Waals surface area contributed by atoms with Gasteiger partial charge in [-0.1, -0.05) is 18.7 Å². The van der Waals surface area contributed by atoms with Crippen molar-refractivity contribution in [1.29, 1.82) is 0 Å². The Hall–Kier alpha value is -2.63. The number of furan rings is 1. The minimum absolute atomic E-state index is 0.0488. The third kappa shape index (κ3) is 5.48. The van der Waals surface area contributed by atoms with Crippen LogP contribution in [0.5, 0.6) is 0 Å². The molecule has 9 nitrogen and oxygen atoms in total. The highest BCUT2D eigenvalue weighted by atomic mass is 32.2. The third-order valence-corrected chi connectivity index (χ3v) is 7.45. The molecule has 0 aromatic carbocycles. The van der Waals surface area contributed by atoms with Gasteiger partial charge in [0.1, 0.15) is 10.6 Å². The number of thioether (sulfide) groups is 1. The number of aryl methyl sites for hydroxylation is 2. The van der Waals surface area contributed by atoms with Crippen molar-refractivity contribution in [3.63, 3.8) is 0 Å². The van der Waals surface area contributed by atoms with E-state index in [1.54, 1.807) is 16.7 Å². The van der Waals surface area contributed by atoms with Crippen LogP contribution in [0.4, 0.5) is 4.79 Å². The Morgan fingerprint density at radius 2 is 2.24 bits per heavy atom. The van der Waals surface area contributed by atoms with Crippen LogP contribution in [0.25, 0.3) is 10.2 Å².